The second-order valence-corrected chi connectivity index (χ2v) is 9.35. The van der Waals surface area contributed by atoms with Crippen LogP contribution in [0.15, 0.2) is 29.4 Å². The third-order valence-corrected chi connectivity index (χ3v) is 6.45. The lowest BCUT2D eigenvalue weighted by molar-refractivity contribution is -0.129. The minimum atomic E-state index is -3.86. The van der Waals surface area contributed by atoms with Crippen LogP contribution < -0.4 is 11.1 Å². The molecule has 2 rings (SSSR count). The Morgan fingerprint density at radius 3 is 2.70 bits per heavy atom. The van der Waals surface area contributed by atoms with Crippen molar-refractivity contribution in [2.75, 3.05) is 13.1 Å². The first-order chi connectivity index (χ1) is 12.6. The van der Waals surface area contributed by atoms with Gasteiger partial charge in [-0.25, -0.2) is 13.4 Å². The first kappa shape index (κ1) is 21.5. The molecule has 27 heavy (non-hydrogen) atoms. The molecule has 3 N–H and O–H groups in total. The van der Waals surface area contributed by atoms with Gasteiger partial charge in [0, 0.05) is 12.7 Å². The van der Waals surface area contributed by atoms with Crippen LogP contribution in [-0.4, -0.2) is 54.6 Å². The van der Waals surface area contributed by atoms with Gasteiger partial charge in [0.2, 0.25) is 5.91 Å². The summed E-state index contributed by atoms with van der Waals surface area (Å²) in [6.07, 6.45) is 2.36. The Labute approximate surface area is 160 Å². The van der Waals surface area contributed by atoms with Gasteiger partial charge in [-0.1, -0.05) is 26.8 Å². The number of hydrogen-bond acceptors (Lipinski definition) is 6. The van der Waals surface area contributed by atoms with E-state index in [9.17, 15) is 18.0 Å². The molecule has 0 spiro atoms. The number of amides is 1. The zero-order chi connectivity index (χ0) is 20.2. The van der Waals surface area contributed by atoms with Crippen LogP contribution in [0.4, 0.5) is 0 Å². The molecule has 9 heteroatoms. The minimum Gasteiger partial charge on any atom is -0.345 e. The number of ketones is 1. The van der Waals surface area contributed by atoms with Gasteiger partial charge in [0.05, 0.1) is 18.6 Å². The lowest BCUT2D eigenvalue weighted by Gasteiger charge is -2.23. The van der Waals surface area contributed by atoms with E-state index in [-0.39, 0.29) is 41.6 Å². The molecule has 0 radical (unpaired) electrons. The zero-order valence-corrected chi connectivity index (χ0v) is 16.8. The number of nitrogens with zero attached hydrogens (tertiary/aromatic N) is 2. The molecule has 0 aromatic carbocycles. The number of carbonyl (C=O) groups is 2. The standard InChI is InChI=1S/C18H28N4O4S/c1-12(2)10-14(19)18(24)21-17-13(3)7-9-22(11-15(17)23)27(25,26)16-6-4-5-8-20-16/h4-6,8,12-14,17H,7,9-11,19H2,1-3H3,(H,21,24)/t13-,14+,17-/m1/s1. The molecule has 8 nitrogen and oxygen atoms in total. The second kappa shape index (κ2) is 8.90. The number of aromatic nitrogens is 1. The highest BCUT2D eigenvalue weighted by Crippen LogP contribution is 2.21. The number of rotatable bonds is 6. The van der Waals surface area contributed by atoms with E-state index in [1.807, 2.05) is 20.8 Å². The lowest BCUT2D eigenvalue weighted by atomic mass is 9.95. The van der Waals surface area contributed by atoms with E-state index in [2.05, 4.69) is 10.3 Å². The van der Waals surface area contributed by atoms with Gasteiger partial charge in [0.15, 0.2) is 10.8 Å². The Kier molecular flexibility index (Phi) is 7.07. The molecule has 0 bridgehead atoms. The van der Waals surface area contributed by atoms with E-state index in [0.717, 1.165) is 4.31 Å². The molecular weight excluding hydrogens is 368 g/mol. The fourth-order valence-corrected chi connectivity index (χ4v) is 4.47. The van der Waals surface area contributed by atoms with Crippen LogP contribution in [0.1, 0.15) is 33.6 Å². The van der Waals surface area contributed by atoms with Gasteiger partial charge in [0.1, 0.15) is 0 Å². The summed E-state index contributed by atoms with van der Waals surface area (Å²) in [5.41, 5.74) is 5.90. The smallest absolute Gasteiger partial charge is 0.260 e. The lowest BCUT2D eigenvalue weighted by Crippen LogP contribution is -2.52. The molecule has 0 unspecified atom stereocenters. The summed E-state index contributed by atoms with van der Waals surface area (Å²) in [6.45, 7) is 5.65. The van der Waals surface area contributed by atoms with Crippen molar-refractivity contribution in [3.63, 3.8) is 0 Å². The molecule has 1 aromatic rings. The maximum absolute atomic E-state index is 12.8. The number of carbonyl (C=O) groups excluding carboxylic acids is 2. The molecule has 1 aromatic heterocycles. The van der Waals surface area contributed by atoms with Crippen molar-refractivity contribution in [3.05, 3.63) is 24.4 Å². The average Bonchev–Trinajstić information content (AvgIpc) is 2.75. The Bertz CT molecular complexity index is 767. The predicted molar refractivity (Wildman–Crippen MR) is 101 cm³/mol. The predicted octanol–water partition coefficient (Wildman–Crippen LogP) is 0.539. The summed E-state index contributed by atoms with van der Waals surface area (Å²) in [5.74, 6) is -0.664. The maximum Gasteiger partial charge on any atom is 0.260 e. The van der Waals surface area contributed by atoms with Crippen LogP contribution >= 0.6 is 0 Å². The van der Waals surface area contributed by atoms with Crippen molar-refractivity contribution >= 4 is 21.7 Å². The topological polar surface area (TPSA) is 122 Å². The van der Waals surface area contributed by atoms with Crippen molar-refractivity contribution in [2.24, 2.45) is 17.6 Å². The van der Waals surface area contributed by atoms with Gasteiger partial charge in [-0.3, -0.25) is 9.59 Å². The number of nitrogens with two attached hydrogens (primary N) is 1. The summed E-state index contributed by atoms with van der Waals surface area (Å²) in [7, 11) is -3.86. The summed E-state index contributed by atoms with van der Waals surface area (Å²) in [6, 6.07) is 3.17. The second-order valence-electron chi connectivity index (χ2n) is 7.46. The van der Waals surface area contributed by atoms with Gasteiger partial charge in [0.25, 0.3) is 10.0 Å². The summed E-state index contributed by atoms with van der Waals surface area (Å²) in [5, 5.41) is 2.63. The van der Waals surface area contributed by atoms with E-state index in [1.54, 1.807) is 12.1 Å². The van der Waals surface area contributed by atoms with Crippen molar-refractivity contribution in [3.8, 4) is 0 Å². The number of hydrogen-bond donors (Lipinski definition) is 2. The fraction of sp³-hybridized carbons (Fsp3) is 0.611. The summed E-state index contributed by atoms with van der Waals surface area (Å²) < 4.78 is 26.6. The SMILES string of the molecule is CC(C)C[C@H](N)C(=O)N[C@H]1C(=O)CN(S(=O)(=O)c2ccccn2)CC[C@H]1C. The molecule has 1 aliphatic heterocycles. The number of nitrogens with one attached hydrogen (secondary N) is 1. The van der Waals surface area contributed by atoms with E-state index in [1.165, 1.54) is 12.3 Å². The highest BCUT2D eigenvalue weighted by molar-refractivity contribution is 7.89. The van der Waals surface area contributed by atoms with Crippen molar-refractivity contribution in [2.45, 2.75) is 50.7 Å². The average molecular weight is 397 g/mol. The summed E-state index contributed by atoms with van der Waals surface area (Å²) >= 11 is 0. The first-order valence-corrected chi connectivity index (χ1v) is 10.6. The van der Waals surface area contributed by atoms with Crippen LogP contribution in [0, 0.1) is 11.8 Å². The molecule has 150 valence electrons. The van der Waals surface area contributed by atoms with E-state index in [4.69, 9.17) is 5.73 Å². The minimum absolute atomic E-state index is 0.0908. The molecule has 0 saturated carbocycles. The Morgan fingerprint density at radius 1 is 1.41 bits per heavy atom. The third-order valence-electron chi connectivity index (χ3n) is 4.68. The highest BCUT2D eigenvalue weighted by atomic mass is 32.2. The van der Waals surface area contributed by atoms with Crippen LogP contribution in [0.3, 0.4) is 0 Å². The molecule has 3 atom stereocenters. The van der Waals surface area contributed by atoms with Crippen LogP contribution in [-0.2, 0) is 19.6 Å². The molecule has 1 fully saturated rings. The molecular formula is C18H28N4O4S. The number of pyridine rings is 1. The maximum atomic E-state index is 12.8. The van der Waals surface area contributed by atoms with Crippen molar-refractivity contribution in [1.82, 2.24) is 14.6 Å². The van der Waals surface area contributed by atoms with Crippen LogP contribution in [0.2, 0.25) is 0 Å². The molecule has 2 heterocycles. The van der Waals surface area contributed by atoms with E-state index >= 15 is 0 Å². The van der Waals surface area contributed by atoms with Gasteiger partial charge >= 0.3 is 0 Å². The number of sulfonamides is 1. The van der Waals surface area contributed by atoms with Crippen LogP contribution in [0.25, 0.3) is 0 Å². The largest absolute Gasteiger partial charge is 0.345 e. The van der Waals surface area contributed by atoms with Gasteiger partial charge in [-0.15, -0.1) is 0 Å². The Hall–Kier alpha value is -1.84. The molecule has 1 aliphatic rings. The normalized spacial score (nSPS) is 23.1. The molecule has 1 saturated heterocycles. The van der Waals surface area contributed by atoms with Crippen molar-refractivity contribution < 1.29 is 18.0 Å². The zero-order valence-electron chi connectivity index (χ0n) is 16.0. The highest BCUT2D eigenvalue weighted by Gasteiger charge is 2.37. The van der Waals surface area contributed by atoms with Gasteiger partial charge < -0.3 is 11.1 Å². The van der Waals surface area contributed by atoms with E-state index in [0.29, 0.717) is 12.8 Å². The third kappa shape index (κ3) is 5.33. The first-order valence-electron chi connectivity index (χ1n) is 9.12. The van der Waals surface area contributed by atoms with Gasteiger partial charge in [-0.05, 0) is 36.8 Å². The molecule has 1 amide bonds. The number of Topliss-reactive ketones (excluding diaryl/α,β-unsaturated/α-hetero) is 1. The fourth-order valence-electron chi connectivity index (χ4n) is 3.12. The Balaban J connectivity index is 2.13. The quantitative estimate of drug-likeness (QED) is 0.723. The monoisotopic (exact) mass is 396 g/mol. The van der Waals surface area contributed by atoms with Crippen LogP contribution in [0.5, 0.6) is 0 Å². The van der Waals surface area contributed by atoms with E-state index < -0.39 is 22.1 Å². The Morgan fingerprint density at radius 2 is 2.11 bits per heavy atom. The van der Waals surface area contributed by atoms with Crippen molar-refractivity contribution in [1.29, 1.82) is 0 Å². The van der Waals surface area contributed by atoms with Gasteiger partial charge in [-0.2, -0.15) is 4.31 Å². The summed E-state index contributed by atoms with van der Waals surface area (Å²) in [4.78, 5) is 28.9. The molecule has 0 aliphatic carbocycles.